The van der Waals surface area contributed by atoms with E-state index >= 15 is 0 Å². The average molecular weight is 297 g/mol. The quantitative estimate of drug-likeness (QED) is 0.793. The Kier molecular flexibility index (Phi) is 3.16. The van der Waals surface area contributed by atoms with E-state index in [2.05, 4.69) is 5.10 Å². The number of carbonyl (C=O) groups excluding carboxylic acids is 3. The predicted octanol–water partition coefficient (Wildman–Crippen LogP) is 1.82. The molecule has 0 fully saturated rings. The third kappa shape index (κ3) is 1.95. The van der Waals surface area contributed by atoms with Crippen LogP contribution >= 0.6 is 0 Å². The van der Waals surface area contributed by atoms with Crippen molar-refractivity contribution < 1.29 is 14.4 Å². The van der Waals surface area contributed by atoms with Gasteiger partial charge >= 0.3 is 0 Å². The minimum absolute atomic E-state index is 0.334. The predicted molar refractivity (Wildman–Crippen MR) is 78.7 cm³/mol. The molecule has 1 aliphatic heterocycles. The maximum absolute atomic E-state index is 12.6. The molecule has 1 aliphatic rings. The van der Waals surface area contributed by atoms with E-state index in [-0.39, 0.29) is 0 Å². The summed E-state index contributed by atoms with van der Waals surface area (Å²) in [5.74, 6) is -1.29. The summed E-state index contributed by atoms with van der Waals surface area (Å²) in [6, 6.07) is 7.44. The van der Waals surface area contributed by atoms with E-state index in [1.165, 1.54) is 4.68 Å². The number of hydrogen-bond acceptors (Lipinski definition) is 4. The lowest BCUT2D eigenvalue weighted by atomic mass is 10.1. The van der Waals surface area contributed by atoms with Gasteiger partial charge in [0.25, 0.3) is 17.7 Å². The Hall–Kier alpha value is -2.76. The molecule has 0 aliphatic carbocycles. The minimum Gasteiger partial charge on any atom is -0.270 e. The topological polar surface area (TPSA) is 72.3 Å². The van der Waals surface area contributed by atoms with Crippen LogP contribution in [0, 0.1) is 13.8 Å². The third-order valence-corrected chi connectivity index (χ3v) is 3.79. The molecule has 1 aromatic carbocycles. The van der Waals surface area contributed by atoms with Crippen molar-refractivity contribution >= 4 is 17.7 Å². The Morgan fingerprint density at radius 3 is 2.09 bits per heavy atom. The van der Waals surface area contributed by atoms with E-state index in [1.54, 1.807) is 51.1 Å². The summed E-state index contributed by atoms with van der Waals surface area (Å²) < 4.78 is 1.24. The number of nitrogens with zero attached hydrogens (tertiary/aromatic N) is 3. The van der Waals surface area contributed by atoms with Crippen LogP contribution in [0.15, 0.2) is 30.3 Å². The largest absolute Gasteiger partial charge is 0.270 e. The normalized spacial score (nSPS) is 15.1. The number of benzene rings is 1. The van der Waals surface area contributed by atoms with Crippen molar-refractivity contribution in [2.75, 3.05) is 0 Å². The fourth-order valence-corrected chi connectivity index (χ4v) is 2.70. The molecule has 6 heteroatoms. The van der Waals surface area contributed by atoms with Gasteiger partial charge in [-0.3, -0.25) is 19.3 Å². The highest BCUT2D eigenvalue weighted by atomic mass is 16.2. The highest BCUT2D eigenvalue weighted by Crippen LogP contribution is 2.25. The molecular formula is C16H15N3O3. The molecule has 0 radical (unpaired) electrons. The van der Waals surface area contributed by atoms with Crippen molar-refractivity contribution in [1.82, 2.24) is 14.7 Å². The number of fused-ring (bicyclic) bond motifs is 1. The van der Waals surface area contributed by atoms with Crippen LogP contribution in [0.25, 0.3) is 0 Å². The second kappa shape index (κ2) is 4.91. The zero-order valence-electron chi connectivity index (χ0n) is 12.5. The highest BCUT2D eigenvalue weighted by molar-refractivity contribution is 6.22. The van der Waals surface area contributed by atoms with Gasteiger partial charge in [-0.1, -0.05) is 12.1 Å². The van der Waals surface area contributed by atoms with Crippen LogP contribution in [-0.4, -0.2) is 38.4 Å². The number of hydrogen-bond donors (Lipinski definition) is 0. The molecule has 1 atom stereocenters. The number of imide groups is 1. The Morgan fingerprint density at radius 2 is 1.64 bits per heavy atom. The molecule has 0 unspecified atom stereocenters. The molecule has 2 aromatic rings. The summed E-state index contributed by atoms with van der Waals surface area (Å²) in [5, 5.41) is 4.12. The molecule has 112 valence electrons. The molecule has 0 bridgehead atoms. The molecule has 0 saturated heterocycles. The fourth-order valence-electron chi connectivity index (χ4n) is 2.70. The Morgan fingerprint density at radius 1 is 1.09 bits per heavy atom. The Balaban J connectivity index is 1.95. The lowest BCUT2D eigenvalue weighted by molar-refractivity contribution is 0.0522. The van der Waals surface area contributed by atoms with Gasteiger partial charge < -0.3 is 0 Å². The van der Waals surface area contributed by atoms with Crippen LogP contribution < -0.4 is 0 Å². The molecule has 0 N–H and O–H groups in total. The van der Waals surface area contributed by atoms with Gasteiger partial charge in [0.05, 0.1) is 16.8 Å². The zero-order valence-corrected chi connectivity index (χ0v) is 12.5. The number of aromatic nitrogens is 2. The summed E-state index contributed by atoms with van der Waals surface area (Å²) in [7, 11) is 0. The first-order chi connectivity index (χ1) is 10.4. The van der Waals surface area contributed by atoms with Gasteiger partial charge in [0, 0.05) is 5.69 Å². The third-order valence-electron chi connectivity index (χ3n) is 3.79. The van der Waals surface area contributed by atoms with Crippen LogP contribution in [0.2, 0.25) is 0 Å². The highest BCUT2D eigenvalue weighted by Gasteiger charge is 2.41. The van der Waals surface area contributed by atoms with Gasteiger partial charge in [-0.2, -0.15) is 5.10 Å². The number of rotatable bonds is 2. The molecular weight excluding hydrogens is 282 g/mol. The molecule has 2 amide bonds. The van der Waals surface area contributed by atoms with Crippen LogP contribution in [-0.2, 0) is 0 Å². The number of carbonyl (C=O) groups is 3. The first-order valence-electron chi connectivity index (χ1n) is 6.96. The molecule has 0 saturated carbocycles. The maximum atomic E-state index is 12.6. The Bertz CT molecular complexity index is 772. The van der Waals surface area contributed by atoms with Gasteiger partial charge in [0.15, 0.2) is 0 Å². The van der Waals surface area contributed by atoms with Crippen LogP contribution in [0.1, 0.15) is 43.8 Å². The summed E-state index contributed by atoms with van der Waals surface area (Å²) in [6.07, 6.45) is 0. The van der Waals surface area contributed by atoms with E-state index < -0.39 is 23.8 Å². The average Bonchev–Trinajstić information content (AvgIpc) is 2.96. The first-order valence-corrected chi connectivity index (χ1v) is 6.96. The smallest absolute Gasteiger partial charge is 0.270 e. The molecule has 3 rings (SSSR count). The summed E-state index contributed by atoms with van der Waals surface area (Å²) in [5.41, 5.74) is 2.05. The van der Waals surface area contributed by atoms with Gasteiger partial charge in [0.2, 0.25) is 0 Å². The second-order valence-electron chi connectivity index (χ2n) is 5.38. The molecule has 22 heavy (non-hydrogen) atoms. The molecule has 0 spiro atoms. The van der Waals surface area contributed by atoms with Gasteiger partial charge in [0.1, 0.15) is 6.04 Å². The number of amides is 2. The van der Waals surface area contributed by atoms with E-state index in [0.29, 0.717) is 22.5 Å². The van der Waals surface area contributed by atoms with Crippen molar-refractivity contribution in [2.45, 2.75) is 26.8 Å². The van der Waals surface area contributed by atoms with E-state index in [9.17, 15) is 14.4 Å². The van der Waals surface area contributed by atoms with Crippen molar-refractivity contribution in [3.05, 3.63) is 52.8 Å². The summed E-state index contributed by atoms with van der Waals surface area (Å²) in [6.45, 7) is 5.08. The Labute approximate surface area is 127 Å². The standard InChI is InChI=1S/C16H15N3O3/c1-9-8-10(2)19(17-9)14(20)11(3)18-15(21)12-6-4-5-7-13(12)16(18)22/h4-8,11H,1-3H3/t11-/m1/s1. The van der Waals surface area contributed by atoms with Crippen molar-refractivity contribution in [2.24, 2.45) is 0 Å². The van der Waals surface area contributed by atoms with Crippen LogP contribution in [0.5, 0.6) is 0 Å². The zero-order chi connectivity index (χ0) is 16.0. The fraction of sp³-hybridized carbons (Fsp3) is 0.250. The van der Waals surface area contributed by atoms with Crippen molar-refractivity contribution in [3.63, 3.8) is 0 Å². The molecule has 2 heterocycles. The van der Waals surface area contributed by atoms with Crippen molar-refractivity contribution in [3.8, 4) is 0 Å². The lowest BCUT2D eigenvalue weighted by Gasteiger charge is -2.21. The SMILES string of the molecule is Cc1cc(C)n(C(=O)[C@@H](C)N2C(=O)c3ccccc3C2=O)n1. The number of aryl methyl sites for hydroxylation is 2. The van der Waals surface area contributed by atoms with Gasteiger partial charge in [-0.25, -0.2) is 4.68 Å². The van der Waals surface area contributed by atoms with Gasteiger partial charge in [-0.05, 0) is 39.0 Å². The monoisotopic (exact) mass is 297 g/mol. The van der Waals surface area contributed by atoms with E-state index in [4.69, 9.17) is 0 Å². The lowest BCUT2D eigenvalue weighted by Crippen LogP contribution is -2.45. The molecule has 6 nitrogen and oxygen atoms in total. The summed E-state index contributed by atoms with van der Waals surface area (Å²) >= 11 is 0. The van der Waals surface area contributed by atoms with E-state index in [0.717, 1.165) is 4.90 Å². The van der Waals surface area contributed by atoms with Crippen LogP contribution in [0.3, 0.4) is 0 Å². The molecule has 1 aromatic heterocycles. The van der Waals surface area contributed by atoms with E-state index in [1.807, 2.05) is 0 Å². The van der Waals surface area contributed by atoms with Gasteiger partial charge in [-0.15, -0.1) is 0 Å². The first kappa shape index (κ1) is 14.2. The summed E-state index contributed by atoms with van der Waals surface area (Å²) in [4.78, 5) is 38.4. The minimum atomic E-state index is -0.912. The maximum Gasteiger partial charge on any atom is 0.270 e. The van der Waals surface area contributed by atoms with Crippen LogP contribution in [0.4, 0.5) is 0 Å². The van der Waals surface area contributed by atoms with Crippen molar-refractivity contribution in [1.29, 1.82) is 0 Å². The second-order valence-corrected chi connectivity index (χ2v) is 5.38.